The van der Waals surface area contributed by atoms with Gasteiger partial charge in [0.25, 0.3) is 0 Å². The molecule has 4 heteroatoms. The van der Waals surface area contributed by atoms with Crippen LogP contribution >= 0.6 is 0 Å². The van der Waals surface area contributed by atoms with Crippen LogP contribution in [0.4, 0.5) is 0 Å². The van der Waals surface area contributed by atoms with Crippen LogP contribution in [0, 0.1) is 6.92 Å². The summed E-state index contributed by atoms with van der Waals surface area (Å²) in [5.41, 5.74) is 0.916. The molecule has 0 aliphatic carbocycles. The molecule has 19 heavy (non-hydrogen) atoms. The number of hydrogen-bond donors (Lipinski definition) is 0. The average molecular weight is 260 g/mol. The average Bonchev–Trinajstić information content (AvgIpc) is 2.86. The summed E-state index contributed by atoms with van der Waals surface area (Å²) in [6.45, 7) is 4.77. The summed E-state index contributed by atoms with van der Waals surface area (Å²) in [6, 6.07) is 7.76. The van der Waals surface area contributed by atoms with Crippen LogP contribution in [0.5, 0.6) is 5.75 Å². The van der Waals surface area contributed by atoms with E-state index in [1.165, 1.54) is 19.3 Å². The highest BCUT2D eigenvalue weighted by Crippen LogP contribution is 2.21. The first-order valence-corrected chi connectivity index (χ1v) is 6.83. The molecule has 0 atom stereocenters. The minimum atomic E-state index is 0.548. The monoisotopic (exact) mass is 260 g/mol. The van der Waals surface area contributed by atoms with Crippen molar-refractivity contribution in [3.05, 3.63) is 30.2 Å². The molecule has 1 heterocycles. The number of hydrogen-bond acceptors (Lipinski definition) is 4. The lowest BCUT2D eigenvalue weighted by molar-refractivity contribution is 0.305. The van der Waals surface area contributed by atoms with Gasteiger partial charge in [0, 0.05) is 12.5 Å². The zero-order chi connectivity index (χ0) is 13.5. The normalized spacial score (nSPS) is 10.6. The fourth-order valence-electron chi connectivity index (χ4n) is 1.83. The van der Waals surface area contributed by atoms with Crippen molar-refractivity contribution in [2.75, 3.05) is 6.61 Å². The number of aryl methyl sites for hydroxylation is 1. The number of nitrogens with zero attached hydrogens (tertiary/aromatic N) is 2. The van der Waals surface area contributed by atoms with E-state index in [1.807, 2.05) is 24.3 Å². The Labute approximate surface area is 113 Å². The zero-order valence-corrected chi connectivity index (χ0v) is 11.6. The van der Waals surface area contributed by atoms with E-state index in [4.69, 9.17) is 9.15 Å². The summed E-state index contributed by atoms with van der Waals surface area (Å²) in [7, 11) is 0. The minimum Gasteiger partial charge on any atom is -0.494 e. The van der Waals surface area contributed by atoms with E-state index in [-0.39, 0.29) is 0 Å². The van der Waals surface area contributed by atoms with Gasteiger partial charge in [-0.2, -0.15) is 0 Å². The molecule has 0 unspecified atom stereocenters. The number of ether oxygens (including phenoxy) is 1. The maximum atomic E-state index is 5.68. The number of aromatic nitrogens is 2. The van der Waals surface area contributed by atoms with Gasteiger partial charge in [-0.25, -0.2) is 0 Å². The first-order valence-electron chi connectivity index (χ1n) is 6.83. The number of rotatable bonds is 7. The molecule has 0 aliphatic heterocycles. The van der Waals surface area contributed by atoms with Gasteiger partial charge in [0.1, 0.15) is 5.75 Å². The third-order valence-corrected chi connectivity index (χ3v) is 2.89. The van der Waals surface area contributed by atoms with Crippen molar-refractivity contribution in [2.45, 2.75) is 39.5 Å². The van der Waals surface area contributed by atoms with Gasteiger partial charge >= 0.3 is 0 Å². The number of benzene rings is 1. The van der Waals surface area contributed by atoms with Crippen molar-refractivity contribution in [2.24, 2.45) is 0 Å². The largest absolute Gasteiger partial charge is 0.494 e. The molecule has 2 aromatic rings. The van der Waals surface area contributed by atoms with Crippen molar-refractivity contribution in [1.82, 2.24) is 10.2 Å². The molecule has 4 nitrogen and oxygen atoms in total. The highest BCUT2D eigenvalue weighted by molar-refractivity contribution is 5.53. The third kappa shape index (κ3) is 4.09. The summed E-state index contributed by atoms with van der Waals surface area (Å²) in [5, 5.41) is 7.80. The van der Waals surface area contributed by atoms with Gasteiger partial charge in [-0.05, 0) is 30.7 Å². The zero-order valence-electron chi connectivity index (χ0n) is 11.6. The first kappa shape index (κ1) is 13.6. The van der Waals surface area contributed by atoms with Crippen molar-refractivity contribution < 1.29 is 9.15 Å². The first-order chi connectivity index (χ1) is 9.29. The standard InChI is InChI=1S/C15H20N2O2/c1-3-4-5-6-11-18-14-9-7-13(8-10-14)15-17-16-12(2)19-15/h7-10H,3-6,11H2,1-2H3. The van der Waals surface area contributed by atoms with Crippen LogP contribution in [-0.2, 0) is 0 Å². The summed E-state index contributed by atoms with van der Waals surface area (Å²) in [4.78, 5) is 0. The Morgan fingerprint density at radius 2 is 1.84 bits per heavy atom. The van der Waals surface area contributed by atoms with Crippen LogP contribution < -0.4 is 4.74 Å². The van der Waals surface area contributed by atoms with Gasteiger partial charge in [-0.3, -0.25) is 0 Å². The lowest BCUT2D eigenvalue weighted by Gasteiger charge is -2.06. The molecule has 0 saturated heterocycles. The van der Waals surface area contributed by atoms with Gasteiger partial charge in [-0.1, -0.05) is 26.2 Å². The van der Waals surface area contributed by atoms with Crippen LogP contribution in [0.2, 0.25) is 0 Å². The van der Waals surface area contributed by atoms with Gasteiger partial charge in [0.05, 0.1) is 6.61 Å². The van der Waals surface area contributed by atoms with Crippen molar-refractivity contribution in [3.8, 4) is 17.2 Å². The predicted octanol–water partition coefficient (Wildman–Crippen LogP) is 4.00. The van der Waals surface area contributed by atoms with Crippen LogP contribution in [-0.4, -0.2) is 16.8 Å². The molecule has 0 bridgehead atoms. The summed E-state index contributed by atoms with van der Waals surface area (Å²) in [6.07, 6.45) is 4.87. The van der Waals surface area contributed by atoms with Gasteiger partial charge in [0.2, 0.25) is 11.8 Å². The van der Waals surface area contributed by atoms with E-state index in [9.17, 15) is 0 Å². The number of unbranched alkanes of at least 4 members (excludes halogenated alkanes) is 3. The Bertz CT molecular complexity index is 491. The summed E-state index contributed by atoms with van der Waals surface area (Å²) >= 11 is 0. The molecule has 1 aromatic heterocycles. The smallest absolute Gasteiger partial charge is 0.247 e. The van der Waals surface area contributed by atoms with Crippen LogP contribution in [0.1, 0.15) is 38.5 Å². The molecule has 0 aliphatic rings. The second-order valence-corrected chi connectivity index (χ2v) is 4.56. The molecule has 0 fully saturated rings. The van der Waals surface area contributed by atoms with Gasteiger partial charge in [0.15, 0.2) is 0 Å². The molecule has 0 N–H and O–H groups in total. The molecule has 2 rings (SSSR count). The fraction of sp³-hybridized carbons (Fsp3) is 0.467. The van der Waals surface area contributed by atoms with E-state index in [0.717, 1.165) is 24.3 Å². The van der Waals surface area contributed by atoms with E-state index in [0.29, 0.717) is 11.8 Å². The Hall–Kier alpha value is -1.84. The predicted molar refractivity (Wildman–Crippen MR) is 74.1 cm³/mol. The Kier molecular flexibility index (Phi) is 4.95. The summed E-state index contributed by atoms with van der Waals surface area (Å²) < 4.78 is 11.1. The second-order valence-electron chi connectivity index (χ2n) is 4.56. The molecule has 0 spiro atoms. The van der Waals surface area contributed by atoms with Crippen molar-refractivity contribution >= 4 is 0 Å². The molecule has 0 saturated carbocycles. The van der Waals surface area contributed by atoms with E-state index in [2.05, 4.69) is 17.1 Å². The van der Waals surface area contributed by atoms with Crippen molar-refractivity contribution in [3.63, 3.8) is 0 Å². The minimum absolute atomic E-state index is 0.548. The topological polar surface area (TPSA) is 48.2 Å². The highest BCUT2D eigenvalue weighted by atomic mass is 16.5. The lowest BCUT2D eigenvalue weighted by Crippen LogP contribution is -1.96. The molecular weight excluding hydrogens is 240 g/mol. The van der Waals surface area contributed by atoms with Crippen molar-refractivity contribution in [1.29, 1.82) is 0 Å². The molecule has 0 radical (unpaired) electrons. The maximum Gasteiger partial charge on any atom is 0.247 e. The van der Waals surface area contributed by atoms with E-state index >= 15 is 0 Å². The Morgan fingerprint density at radius 3 is 2.47 bits per heavy atom. The molecule has 1 aromatic carbocycles. The maximum absolute atomic E-state index is 5.68. The van der Waals surface area contributed by atoms with Gasteiger partial charge in [-0.15, -0.1) is 10.2 Å². The summed E-state index contributed by atoms with van der Waals surface area (Å²) in [5.74, 6) is 2.01. The van der Waals surface area contributed by atoms with E-state index in [1.54, 1.807) is 6.92 Å². The molecule has 0 amide bonds. The Morgan fingerprint density at radius 1 is 1.05 bits per heavy atom. The highest BCUT2D eigenvalue weighted by Gasteiger charge is 2.05. The Balaban J connectivity index is 1.85. The molecule has 102 valence electrons. The quantitative estimate of drug-likeness (QED) is 0.706. The van der Waals surface area contributed by atoms with Crippen LogP contribution in [0.15, 0.2) is 28.7 Å². The van der Waals surface area contributed by atoms with Gasteiger partial charge < -0.3 is 9.15 Å². The van der Waals surface area contributed by atoms with Crippen LogP contribution in [0.3, 0.4) is 0 Å². The third-order valence-electron chi connectivity index (χ3n) is 2.89. The SMILES string of the molecule is CCCCCCOc1ccc(-c2nnc(C)o2)cc1. The second kappa shape index (κ2) is 6.92. The van der Waals surface area contributed by atoms with E-state index < -0.39 is 0 Å². The molecular formula is C15H20N2O2. The van der Waals surface area contributed by atoms with Crippen LogP contribution in [0.25, 0.3) is 11.5 Å². The lowest BCUT2D eigenvalue weighted by atomic mass is 10.2. The fourth-order valence-corrected chi connectivity index (χ4v) is 1.83.